The van der Waals surface area contributed by atoms with Gasteiger partial charge in [-0.2, -0.15) is 0 Å². The number of nitrogens with two attached hydrogens (primary N) is 1. The van der Waals surface area contributed by atoms with Gasteiger partial charge in [0.25, 0.3) is 0 Å². The lowest BCUT2D eigenvalue weighted by atomic mass is 10.2. The maximum Gasteiger partial charge on any atom is 0.238 e. The van der Waals surface area contributed by atoms with Crippen molar-refractivity contribution in [1.29, 1.82) is 0 Å². The van der Waals surface area contributed by atoms with Gasteiger partial charge < -0.3 is 15.8 Å². The number of nitrogens with one attached hydrogen (secondary N) is 1. The summed E-state index contributed by atoms with van der Waals surface area (Å²) in [4.78, 5) is 11.1. The summed E-state index contributed by atoms with van der Waals surface area (Å²) in [5, 5.41) is 2.66. The number of ether oxygens (including phenoxy) is 1. The zero-order valence-electron chi connectivity index (χ0n) is 8.74. The van der Waals surface area contributed by atoms with E-state index in [1.165, 1.54) is 0 Å². The van der Waals surface area contributed by atoms with Gasteiger partial charge in [-0.1, -0.05) is 6.07 Å². The molecule has 0 bridgehead atoms. The van der Waals surface area contributed by atoms with Gasteiger partial charge in [-0.15, -0.1) is 12.4 Å². The molecule has 0 heterocycles. The van der Waals surface area contributed by atoms with Crippen LogP contribution in [0, 0.1) is 6.92 Å². The van der Waals surface area contributed by atoms with Gasteiger partial charge in [0, 0.05) is 0 Å². The number of rotatable bonds is 3. The van der Waals surface area contributed by atoms with Crippen LogP contribution in [-0.2, 0) is 4.79 Å². The van der Waals surface area contributed by atoms with E-state index in [2.05, 4.69) is 5.32 Å². The summed E-state index contributed by atoms with van der Waals surface area (Å²) in [7, 11) is 1.56. The number of anilines is 1. The van der Waals surface area contributed by atoms with Gasteiger partial charge in [0.1, 0.15) is 5.75 Å². The standard InChI is InChI=1S/C10H14N2O2.ClH/c1-7-3-4-9(14-2)8(5-7)12-10(13)6-11;/h3-5H,6,11H2,1-2H3,(H,12,13);1H. The molecule has 0 aliphatic rings. The van der Waals surface area contributed by atoms with Crippen LogP contribution >= 0.6 is 12.4 Å². The van der Waals surface area contributed by atoms with Gasteiger partial charge in [-0.05, 0) is 24.6 Å². The number of benzene rings is 1. The molecule has 0 saturated heterocycles. The van der Waals surface area contributed by atoms with Crippen molar-refractivity contribution in [3.63, 3.8) is 0 Å². The molecule has 1 aromatic carbocycles. The lowest BCUT2D eigenvalue weighted by Gasteiger charge is -2.09. The van der Waals surface area contributed by atoms with E-state index in [-0.39, 0.29) is 24.9 Å². The van der Waals surface area contributed by atoms with Crippen molar-refractivity contribution >= 4 is 24.0 Å². The van der Waals surface area contributed by atoms with E-state index in [1.807, 2.05) is 25.1 Å². The lowest BCUT2D eigenvalue weighted by molar-refractivity contribution is -0.114. The third-order valence-corrected chi connectivity index (χ3v) is 1.81. The van der Waals surface area contributed by atoms with Crippen molar-refractivity contribution in [1.82, 2.24) is 0 Å². The molecule has 0 aliphatic carbocycles. The quantitative estimate of drug-likeness (QED) is 0.823. The summed E-state index contributed by atoms with van der Waals surface area (Å²) in [5.74, 6) is 0.409. The number of halogens is 1. The number of hydrogen-bond acceptors (Lipinski definition) is 3. The second-order valence-corrected chi connectivity index (χ2v) is 2.96. The molecule has 1 aromatic rings. The maximum atomic E-state index is 11.1. The third kappa shape index (κ3) is 3.77. The number of amides is 1. The Morgan fingerprint density at radius 1 is 1.53 bits per heavy atom. The van der Waals surface area contributed by atoms with E-state index in [0.29, 0.717) is 11.4 Å². The number of carbonyl (C=O) groups is 1. The highest BCUT2D eigenvalue weighted by Gasteiger charge is 2.05. The SMILES string of the molecule is COc1ccc(C)cc1NC(=O)CN.Cl. The van der Waals surface area contributed by atoms with Crippen LogP contribution in [0.4, 0.5) is 5.69 Å². The van der Waals surface area contributed by atoms with Crippen molar-refractivity contribution in [3.8, 4) is 5.75 Å². The molecular weight excluding hydrogens is 216 g/mol. The Balaban J connectivity index is 0.00000196. The van der Waals surface area contributed by atoms with Crippen molar-refractivity contribution in [2.24, 2.45) is 5.73 Å². The molecule has 0 saturated carbocycles. The van der Waals surface area contributed by atoms with Gasteiger partial charge in [-0.3, -0.25) is 4.79 Å². The minimum atomic E-state index is -0.228. The Hall–Kier alpha value is -1.26. The minimum absolute atomic E-state index is 0. The van der Waals surface area contributed by atoms with Gasteiger partial charge in [-0.25, -0.2) is 0 Å². The van der Waals surface area contributed by atoms with Crippen LogP contribution in [0.25, 0.3) is 0 Å². The molecule has 0 radical (unpaired) electrons. The fourth-order valence-electron chi connectivity index (χ4n) is 1.12. The summed E-state index contributed by atoms with van der Waals surface area (Å²) in [6.45, 7) is 1.91. The van der Waals surface area contributed by atoms with Crippen LogP contribution in [0.1, 0.15) is 5.56 Å². The molecule has 1 amide bonds. The number of hydrogen-bond donors (Lipinski definition) is 2. The monoisotopic (exact) mass is 230 g/mol. The largest absolute Gasteiger partial charge is 0.495 e. The van der Waals surface area contributed by atoms with Crippen molar-refractivity contribution in [2.45, 2.75) is 6.92 Å². The second kappa shape index (κ2) is 6.27. The first-order valence-corrected chi connectivity index (χ1v) is 4.32. The summed E-state index contributed by atoms with van der Waals surface area (Å²) in [6.07, 6.45) is 0. The average Bonchev–Trinajstić information content (AvgIpc) is 2.18. The second-order valence-electron chi connectivity index (χ2n) is 2.96. The Morgan fingerprint density at radius 3 is 2.73 bits per heavy atom. The van der Waals surface area contributed by atoms with E-state index in [1.54, 1.807) is 7.11 Å². The molecular formula is C10H15ClN2O2. The van der Waals surface area contributed by atoms with Crippen molar-refractivity contribution < 1.29 is 9.53 Å². The first-order chi connectivity index (χ1) is 6.67. The Kier molecular flexibility index (Phi) is 5.74. The van der Waals surface area contributed by atoms with Crippen LogP contribution in [0.2, 0.25) is 0 Å². The fourth-order valence-corrected chi connectivity index (χ4v) is 1.12. The number of aryl methyl sites for hydroxylation is 1. The summed E-state index contributed by atoms with van der Waals surface area (Å²) in [5.41, 5.74) is 6.91. The third-order valence-electron chi connectivity index (χ3n) is 1.81. The average molecular weight is 231 g/mol. The van der Waals surface area contributed by atoms with Crippen LogP contribution in [0.5, 0.6) is 5.75 Å². The maximum absolute atomic E-state index is 11.1. The Labute approximate surface area is 95.2 Å². The van der Waals surface area contributed by atoms with Crippen molar-refractivity contribution in [3.05, 3.63) is 23.8 Å². The highest BCUT2D eigenvalue weighted by Crippen LogP contribution is 2.24. The smallest absolute Gasteiger partial charge is 0.238 e. The fraction of sp³-hybridized carbons (Fsp3) is 0.300. The summed E-state index contributed by atoms with van der Waals surface area (Å²) >= 11 is 0. The molecule has 15 heavy (non-hydrogen) atoms. The number of carbonyl (C=O) groups excluding carboxylic acids is 1. The number of methoxy groups -OCH3 is 1. The zero-order chi connectivity index (χ0) is 10.6. The normalized spacial score (nSPS) is 9.00. The first-order valence-electron chi connectivity index (χ1n) is 4.32. The molecule has 0 atom stereocenters. The Morgan fingerprint density at radius 2 is 2.20 bits per heavy atom. The van der Waals surface area contributed by atoms with Crippen LogP contribution in [0.3, 0.4) is 0 Å². The molecule has 0 unspecified atom stereocenters. The molecule has 3 N–H and O–H groups in total. The summed E-state index contributed by atoms with van der Waals surface area (Å²) in [6, 6.07) is 5.56. The van der Waals surface area contributed by atoms with E-state index >= 15 is 0 Å². The van der Waals surface area contributed by atoms with E-state index in [9.17, 15) is 4.79 Å². The van der Waals surface area contributed by atoms with Gasteiger partial charge in [0.2, 0.25) is 5.91 Å². The lowest BCUT2D eigenvalue weighted by Crippen LogP contribution is -2.22. The van der Waals surface area contributed by atoms with Crippen LogP contribution in [-0.4, -0.2) is 19.6 Å². The molecule has 5 heteroatoms. The van der Waals surface area contributed by atoms with Crippen LogP contribution < -0.4 is 15.8 Å². The summed E-state index contributed by atoms with van der Waals surface area (Å²) < 4.78 is 5.09. The first kappa shape index (κ1) is 13.7. The molecule has 0 spiro atoms. The van der Waals surface area contributed by atoms with Gasteiger partial charge in [0.15, 0.2) is 0 Å². The van der Waals surface area contributed by atoms with Gasteiger partial charge >= 0.3 is 0 Å². The molecule has 84 valence electrons. The minimum Gasteiger partial charge on any atom is -0.495 e. The van der Waals surface area contributed by atoms with E-state index < -0.39 is 0 Å². The molecule has 0 aromatic heterocycles. The molecule has 0 aliphatic heterocycles. The van der Waals surface area contributed by atoms with E-state index in [0.717, 1.165) is 5.56 Å². The van der Waals surface area contributed by atoms with Crippen molar-refractivity contribution in [2.75, 3.05) is 19.0 Å². The van der Waals surface area contributed by atoms with E-state index in [4.69, 9.17) is 10.5 Å². The van der Waals surface area contributed by atoms with Gasteiger partial charge in [0.05, 0.1) is 19.3 Å². The Bertz CT molecular complexity index is 342. The predicted octanol–water partition coefficient (Wildman–Crippen LogP) is 1.32. The highest BCUT2D eigenvalue weighted by atomic mass is 35.5. The van der Waals surface area contributed by atoms with Crippen LogP contribution in [0.15, 0.2) is 18.2 Å². The highest BCUT2D eigenvalue weighted by molar-refractivity contribution is 5.93. The molecule has 4 nitrogen and oxygen atoms in total. The molecule has 0 fully saturated rings. The molecule has 1 rings (SSSR count). The predicted molar refractivity (Wildman–Crippen MR) is 62.7 cm³/mol. The topological polar surface area (TPSA) is 64.3 Å². The zero-order valence-corrected chi connectivity index (χ0v) is 9.56.